The minimum Gasteiger partial charge on any atom is -0.495 e. The van der Waals surface area contributed by atoms with E-state index in [2.05, 4.69) is 10.3 Å². The van der Waals surface area contributed by atoms with Crippen LogP contribution in [0.5, 0.6) is 5.75 Å². The van der Waals surface area contributed by atoms with Crippen molar-refractivity contribution < 1.29 is 9.53 Å². The molecule has 1 aromatic carbocycles. The number of aryl methyl sites for hydroxylation is 1. The highest BCUT2D eigenvalue weighted by molar-refractivity contribution is 7.09. The van der Waals surface area contributed by atoms with E-state index in [1.54, 1.807) is 23.7 Å². The van der Waals surface area contributed by atoms with Gasteiger partial charge in [0.1, 0.15) is 11.4 Å². The smallest absolute Gasteiger partial charge is 0.275 e. The number of nitrogens with one attached hydrogen (secondary N) is 1. The van der Waals surface area contributed by atoms with E-state index >= 15 is 0 Å². The van der Waals surface area contributed by atoms with Gasteiger partial charge in [-0.2, -0.15) is 0 Å². The first-order chi connectivity index (χ1) is 8.61. The zero-order valence-electron chi connectivity index (χ0n) is 9.86. The van der Waals surface area contributed by atoms with Crippen LogP contribution in [0.1, 0.15) is 15.4 Å². The number of methoxy groups -OCH3 is 1. The van der Waals surface area contributed by atoms with Gasteiger partial charge in [0.15, 0.2) is 0 Å². The highest BCUT2D eigenvalue weighted by Gasteiger charge is 2.12. The second kappa shape index (κ2) is 5.37. The second-order valence-electron chi connectivity index (χ2n) is 3.56. The molecule has 6 heteroatoms. The van der Waals surface area contributed by atoms with Crippen LogP contribution in [0, 0.1) is 6.92 Å². The molecule has 18 heavy (non-hydrogen) atoms. The summed E-state index contributed by atoms with van der Waals surface area (Å²) in [6.07, 6.45) is 0. The Morgan fingerprint density at radius 1 is 1.50 bits per heavy atom. The number of rotatable bonds is 3. The number of thiazole rings is 1. The molecule has 94 valence electrons. The Balaban J connectivity index is 2.17. The van der Waals surface area contributed by atoms with Crippen LogP contribution in [0.3, 0.4) is 0 Å². The van der Waals surface area contributed by atoms with Crippen LogP contribution >= 0.6 is 22.9 Å². The number of anilines is 1. The number of carbonyl (C=O) groups excluding carboxylic acids is 1. The molecule has 1 amide bonds. The number of carbonyl (C=O) groups is 1. The molecule has 0 spiro atoms. The first-order valence-electron chi connectivity index (χ1n) is 5.17. The van der Waals surface area contributed by atoms with Crippen LogP contribution in [0.2, 0.25) is 5.02 Å². The number of hydrogen-bond acceptors (Lipinski definition) is 4. The third kappa shape index (κ3) is 2.63. The monoisotopic (exact) mass is 282 g/mol. The molecule has 1 aromatic heterocycles. The molecule has 1 N–H and O–H groups in total. The van der Waals surface area contributed by atoms with Crippen LogP contribution in [0.4, 0.5) is 5.69 Å². The standard InChI is InChI=1S/C12H11ClN2O2S/c1-7-11(14-6-18-7)12(16)15-8-3-4-10(17-2)9(13)5-8/h3-6H,1-2H3,(H,15,16). The van der Waals surface area contributed by atoms with Gasteiger partial charge in [-0.1, -0.05) is 11.6 Å². The van der Waals surface area contributed by atoms with E-state index in [4.69, 9.17) is 16.3 Å². The van der Waals surface area contributed by atoms with E-state index in [1.165, 1.54) is 18.4 Å². The molecule has 0 bridgehead atoms. The molecular formula is C12H11ClN2O2S. The lowest BCUT2D eigenvalue weighted by Gasteiger charge is -2.07. The summed E-state index contributed by atoms with van der Waals surface area (Å²) in [7, 11) is 1.54. The zero-order chi connectivity index (χ0) is 13.1. The fraction of sp³-hybridized carbons (Fsp3) is 0.167. The van der Waals surface area contributed by atoms with Crippen molar-refractivity contribution in [2.45, 2.75) is 6.92 Å². The van der Waals surface area contributed by atoms with Crippen molar-refractivity contribution in [1.82, 2.24) is 4.98 Å². The summed E-state index contributed by atoms with van der Waals surface area (Å²) in [5.74, 6) is 0.328. The predicted molar refractivity (Wildman–Crippen MR) is 72.8 cm³/mol. The van der Waals surface area contributed by atoms with Crippen molar-refractivity contribution >= 4 is 34.5 Å². The van der Waals surface area contributed by atoms with Gasteiger partial charge in [0.05, 0.1) is 17.6 Å². The molecule has 0 atom stereocenters. The van der Waals surface area contributed by atoms with Gasteiger partial charge in [-0.15, -0.1) is 11.3 Å². The van der Waals surface area contributed by atoms with Gasteiger partial charge in [-0.3, -0.25) is 4.79 Å². The van der Waals surface area contributed by atoms with E-state index in [0.717, 1.165) is 4.88 Å². The van der Waals surface area contributed by atoms with Crippen molar-refractivity contribution in [3.63, 3.8) is 0 Å². The van der Waals surface area contributed by atoms with E-state index in [9.17, 15) is 4.79 Å². The summed E-state index contributed by atoms with van der Waals surface area (Å²) < 4.78 is 5.04. The number of hydrogen-bond donors (Lipinski definition) is 1. The summed E-state index contributed by atoms with van der Waals surface area (Å²) >= 11 is 7.41. The molecule has 4 nitrogen and oxygen atoms in total. The minimum atomic E-state index is -0.241. The summed E-state index contributed by atoms with van der Waals surface area (Å²) in [5.41, 5.74) is 2.69. The Bertz CT molecular complexity index is 583. The Labute approximate surface area is 114 Å². The van der Waals surface area contributed by atoms with E-state index in [0.29, 0.717) is 22.2 Å². The quantitative estimate of drug-likeness (QED) is 0.939. The first kappa shape index (κ1) is 12.9. The maximum absolute atomic E-state index is 11.9. The Kier molecular flexibility index (Phi) is 3.84. The summed E-state index contributed by atoms with van der Waals surface area (Å²) in [5, 5.41) is 3.19. The van der Waals surface area contributed by atoms with E-state index in [1.807, 2.05) is 6.92 Å². The first-order valence-corrected chi connectivity index (χ1v) is 6.42. The third-order valence-corrected chi connectivity index (χ3v) is 3.42. The molecule has 2 rings (SSSR count). The summed E-state index contributed by atoms with van der Waals surface area (Å²) in [6.45, 7) is 1.85. The van der Waals surface area contributed by atoms with Gasteiger partial charge in [-0.05, 0) is 25.1 Å². The van der Waals surface area contributed by atoms with E-state index < -0.39 is 0 Å². The SMILES string of the molecule is COc1ccc(NC(=O)c2ncsc2C)cc1Cl. The van der Waals surface area contributed by atoms with E-state index in [-0.39, 0.29) is 5.91 Å². The molecule has 0 aliphatic heterocycles. The lowest BCUT2D eigenvalue weighted by atomic mass is 10.3. The van der Waals surface area contributed by atoms with Gasteiger partial charge in [0.2, 0.25) is 0 Å². The Morgan fingerprint density at radius 2 is 2.28 bits per heavy atom. The average molecular weight is 283 g/mol. The fourth-order valence-corrected chi connectivity index (χ4v) is 2.29. The second-order valence-corrected chi connectivity index (χ2v) is 5.03. The van der Waals surface area contributed by atoms with Gasteiger partial charge >= 0.3 is 0 Å². The van der Waals surface area contributed by atoms with Crippen molar-refractivity contribution in [3.8, 4) is 5.75 Å². The Hall–Kier alpha value is -1.59. The largest absolute Gasteiger partial charge is 0.495 e. The van der Waals surface area contributed by atoms with Gasteiger partial charge < -0.3 is 10.1 Å². The van der Waals surface area contributed by atoms with Gasteiger partial charge in [-0.25, -0.2) is 4.98 Å². The molecular weight excluding hydrogens is 272 g/mol. The fourth-order valence-electron chi connectivity index (χ4n) is 1.46. The lowest BCUT2D eigenvalue weighted by molar-refractivity contribution is 0.102. The number of halogens is 1. The van der Waals surface area contributed by atoms with Crippen LogP contribution in [-0.4, -0.2) is 18.0 Å². The highest BCUT2D eigenvalue weighted by atomic mass is 35.5. The maximum Gasteiger partial charge on any atom is 0.275 e. The normalized spacial score (nSPS) is 10.2. The number of aromatic nitrogens is 1. The summed E-state index contributed by atoms with van der Waals surface area (Å²) in [4.78, 5) is 16.8. The number of nitrogens with zero attached hydrogens (tertiary/aromatic N) is 1. The minimum absolute atomic E-state index is 0.241. The molecule has 1 heterocycles. The Morgan fingerprint density at radius 3 is 2.83 bits per heavy atom. The molecule has 0 fully saturated rings. The van der Waals surface area contributed by atoms with Crippen LogP contribution in [-0.2, 0) is 0 Å². The number of ether oxygens (including phenoxy) is 1. The maximum atomic E-state index is 11.9. The molecule has 0 unspecified atom stereocenters. The molecule has 2 aromatic rings. The summed E-state index contributed by atoms with van der Waals surface area (Å²) in [6, 6.07) is 5.07. The van der Waals surface area contributed by atoms with Crippen molar-refractivity contribution in [2.75, 3.05) is 12.4 Å². The molecule has 0 saturated carbocycles. The average Bonchev–Trinajstić information content (AvgIpc) is 2.76. The van der Waals surface area contributed by atoms with Gasteiger partial charge in [0.25, 0.3) is 5.91 Å². The van der Waals surface area contributed by atoms with Crippen LogP contribution in [0.25, 0.3) is 0 Å². The van der Waals surface area contributed by atoms with Crippen LogP contribution < -0.4 is 10.1 Å². The molecule has 0 saturated heterocycles. The topological polar surface area (TPSA) is 51.2 Å². The van der Waals surface area contributed by atoms with Crippen molar-refractivity contribution in [3.05, 3.63) is 39.3 Å². The van der Waals surface area contributed by atoms with Crippen LogP contribution in [0.15, 0.2) is 23.7 Å². The lowest BCUT2D eigenvalue weighted by Crippen LogP contribution is -2.13. The molecule has 0 aliphatic carbocycles. The van der Waals surface area contributed by atoms with Crippen molar-refractivity contribution in [2.24, 2.45) is 0 Å². The number of amides is 1. The zero-order valence-corrected chi connectivity index (χ0v) is 11.4. The van der Waals surface area contributed by atoms with Gasteiger partial charge in [0, 0.05) is 10.6 Å². The molecule has 0 aliphatic rings. The third-order valence-electron chi connectivity index (χ3n) is 2.37. The van der Waals surface area contributed by atoms with Crippen molar-refractivity contribution in [1.29, 1.82) is 0 Å². The molecule has 0 radical (unpaired) electrons. The highest BCUT2D eigenvalue weighted by Crippen LogP contribution is 2.27. The predicted octanol–water partition coefficient (Wildman–Crippen LogP) is 3.37. The number of benzene rings is 1.